The van der Waals surface area contributed by atoms with Gasteiger partial charge in [0.2, 0.25) is 0 Å². The molecule has 1 atom stereocenters. The topological polar surface area (TPSA) is 92.4 Å². The smallest absolute Gasteiger partial charge is 0.326 e. The summed E-state index contributed by atoms with van der Waals surface area (Å²) in [6.45, 7) is 0. The van der Waals surface area contributed by atoms with Gasteiger partial charge in [0.15, 0.2) is 0 Å². The third-order valence-corrected chi connectivity index (χ3v) is 3.84. The van der Waals surface area contributed by atoms with E-state index in [1.165, 1.54) is 17.8 Å². The molecule has 1 rings (SSSR count). The second-order valence-electron chi connectivity index (χ2n) is 3.88. The van der Waals surface area contributed by atoms with Crippen molar-refractivity contribution >= 4 is 45.3 Å². The highest BCUT2D eigenvalue weighted by Gasteiger charge is 2.20. The Bertz CT molecular complexity index is 482. The number of amides is 1. The predicted octanol–water partition coefficient (Wildman–Crippen LogP) is 1.97. The summed E-state index contributed by atoms with van der Waals surface area (Å²) in [6.07, 6.45) is 2.27. The van der Waals surface area contributed by atoms with Crippen molar-refractivity contribution in [3.63, 3.8) is 0 Å². The van der Waals surface area contributed by atoms with Crippen molar-refractivity contribution in [3.05, 3.63) is 28.2 Å². The fraction of sp³-hybridized carbons (Fsp3) is 0.333. The van der Waals surface area contributed by atoms with Crippen LogP contribution in [0.3, 0.4) is 0 Å². The Kier molecular flexibility index (Phi) is 6.17. The Morgan fingerprint density at radius 2 is 2.21 bits per heavy atom. The number of nitrogen functional groups attached to an aromatic ring is 1. The number of anilines is 1. The molecule has 0 saturated heterocycles. The number of halogens is 1. The van der Waals surface area contributed by atoms with Gasteiger partial charge in [-0.15, -0.1) is 0 Å². The Labute approximate surface area is 124 Å². The zero-order valence-corrected chi connectivity index (χ0v) is 12.8. The molecule has 0 bridgehead atoms. The van der Waals surface area contributed by atoms with Crippen LogP contribution in [0, 0.1) is 0 Å². The summed E-state index contributed by atoms with van der Waals surface area (Å²) in [7, 11) is 0. The highest BCUT2D eigenvalue weighted by Crippen LogP contribution is 2.20. The molecule has 0 aromatic heterocycles. The largest absolute Gasteiger partial charge is 0.480 e. The number of carbonyl (C=O) groups is 2. The molecule has 0 fully saturated rings. The first-order valence-corrected chi connectivity index (χ1v) is 7.72. The van der Waals surface area contributed by atoms with Crippen LogP contribution in [0.1, 0.15) is 16.8 Å². The zero-order valence-electron chi connectivity index (χ0n) is 10.4. The van der Waals surface area contributed by atoms with Crippen LogP contribution < -0.4 is 11.1 Å². The summed E-state index contributed by atoms with van der Waals surface area (Å²) in [6, 6.07) is 3.86. The average Bonchev–Trinajstić information content (AvgIpc) is 2.37. The molecule has 4 N–H and O–H groups in total. The SMILES string of the molecule is CSCC[C@@H](NC(=O)c1ccc(Br)c(N)c1)C(=O)O. The van der Waals surface area contributed by atoms with E-state index in [4.69, 9.17) is 10.8 Å². The monoisotopic (exact) mass is 346 g/mol. The minimum absolute atomic E-state index is 0.344. The summed E-state index contributed by atoms with van der Waals surface area (Å²) in [5.74, 6) is -0.806. The number of nitrogens with one attached hydrogen (secondary N) is 1. The minimum Gasteiger partial charge on any atom is -0.480 e. The number of carboxylic acid groups (broad SMARTS) is 1. The molecular formula is C12H15BrN2O3S. The van der Waals surface area contributed by atoms with E-state index in [2.05, 4.69) is 21.2 Å². The number of rotatable bonds is 6. The van der Waals surface area contributed by atoms with Gasteiger partial charge in [-0.1, -0.05) is 0 Å². The first-order valence-electron chi connectivity index (χ1n) is 5.53. The van der Waals surface area contributed by atoms with E-state index in [0.29, 0.717) is 27.9 Å². The Morgan fingerprint density at radius 3 is 2.74 bits per heavy atom. The fourth-order valence-corrected chi connectivity index (χ4v) is 2.14. The van der Waals surface area contributed by atoms with E-state index >= 15 is 0 Å². The van der Waals surface area contributed by atoms with Crippen molar-refractivity contribution < 1.29 is 14.7 Å². The number of benzene rings is 1. The number of nitrogens with two attached hydrogens (primary N) is 1. The molecule has 0 spiro atoms. The van der Waals surface area contributed by atoms with Gasteiger partial charge in [-0.05, 0) is 52.6 Å². The van der Waals surface area contributed by atoms with Gasteiger partial charge in [-0.2, -0.15) is 11.8 Å². The van der Waals surface area contributed by atoms with Crippen LogP contribution in [0.4, 0.5) is 5.69 Å². The lowest BCUT2D eigenvalue weighted by Gasteiger charge is -2.14. The molecule has 0 aliphatic carbocycles. The highest BCUT2D eigenvalue weighted by atomic mass is 79.9. The van der Waals surface area contributed by atoms with Gasteiger partial charge in [0.1, 0.15) is 6.04 Å². The van der Waals surface area contributed by atoms with Crippen LogP contribution in [0.25, 0.3) is 0 Å². The Balaban J connectivity index is 2.75. The molecule has 7 heteroatoms. The first kappa shape index (κ1) is 15.8. The number of thioether (sulfide) groups is 1. The molecule has 104 valence electrons. The van der Waals surface area contributed by atoms with Gasteiger partial charge in [0, 0.05) is 15.7 Å². The first-order chi connectivity index (χ1) is 8.95. The molecule has 0 aliphatic rings. The third kappa shape index (κ3) is 4.76. The van der Waals surface area contributed by atoms with Gasteiger partial charge in [-0.25, -0.2) is 4.79 Å². The van der Waals surface area contributed by atoms with Crippen molar-refractivity contribution in [1.82, 2.24) is 5.32 Å². The maximum atomic E-state index is 11.9. The van der Waals surface area contributed by atoms with Crippen molar-refractivity contribution in [2.75, 3.05) is 17.7 Å². The van der Waals surface area contributed by atoms with Crippen LogP contribution >= 0.6 is 27.7 Å². The fourth-order valence-electron chi connectivity index (χ4n) is 1.42. The van der Waals surface area contributed by atoms with E-state index in [0.717, 1.165) is 0 Å². The molecule has 19 heavy (non-hydrogen) atoms. The summed E-state index contributed by atoms with van der Waals surface area (Å²) in [5, 5.41) is 11.5. The molecule has 1 amide bonds. The summed E-state index contributed by atoms with van der Waals surface area (Å²) < 4.78 is 0.696. The standard InChI is InChI=1S/C12H15BrN2O3S/c1-19-5-4-10(12(17)18)15-11(16)7-2-3-8(13)9(14)6-7/h2-3,6,10H,4-5,14H2,1H3,(H,15,16)(H,17,18)/t10-/m1/s1. The number of carbonyl (C=O) groups excluding carboxylic acids is 1. The quantitative estimate of drug-likeness (QED) is 0.684. The van der Waals surface area contributed by atoms with E-state index < -0.39 is 17.9 Å². The molecule has 1 aromatic carbocycles. The Morgan fingerprint density at radius 1 is 1.53 bits per heavy atom. The molecule has 0 saturated carbocycles. The van der Waals surface area contributed by atoms with Crippen molar-refractivity contribution in [1.29, 1.82) is 0 Å². The van der Waals surface area contributed by atoms with Gasteiger partial charge in [-0.3, -0.25) is 4.79 Å². The lowest BCUT2D eigenvalue weighted by molar-refractivity contribution is -0.139. The molecule has 0 aliphatic heterocycles. The molecule has 0 radical (unpaired) electrons. The van der Waals surface area contributed by atoms with Crippen LogP contribution in [-0.2, 0) is 4.79 Å². The van der Waals surface area contributed by atoms with Gasteiger partial charge in [0.25, 0.3) is 5.91 Å². The molecule has 1 aromatic rings. The molecule has 5 nitrogen and oxygen atoms in total. The zero-order chi connectivity index (χ0) is 14.4. The van der Waals surface area contributed by atoms with Crippen LogP contribution in [0.2, 0.25) is 0 Å². The number of hydrogen-bond acceptors (Lipinski definition) is 4. The highest BCUT2D eigenvalue weighted by molar-refractivity contribution is 9.10. The lowest BCUT2D eigenvalue weighted by Crippen LogP contribution is -2.41. The second-order valence-corrected chi connectivity index (χ2v) is 5.72. The van der Waals surface area contributed by atoms with Crippen molar-refractivity contribution in [2.45, 2.75) is 12.5 Å². The molecule has 0 unspecified atom stereocenters. The van der Waals surface area contributed by atoms with Crippen molar-refractivity contribution in [3.8, 4) is 0 Å². The number of hydrogen-bond donors (Lipinski definition) is 3. The van der Waals surface area contributed by atoms with E-state index in [1.807, 2.05) is 6.26 Å². The average molecular weight is 347 g/mol. The maximum absolute atomic E-state index is 11.9. The predicted molar refractivity (Wildman–Crippen MR) is 80.4 cm³/mol. The normalized spacial score (nSPS) is 11.9. The van der Waals surface area contributed by atoms with Gasteiger partial charge >= 0.3 is 5.97 Å². The van der Waals surface area contributed by atoms with Crippen LogP contribution in [0.5, 0.6) is 0 Å². The minimum atomic E-state index is -1.03. The van der Waals surface area contributed by atoms with Crippen LogP contribution in [0.15, 0.2) is 22.7 Å². The Hall–Kier alpha value is -1.21. The number of carboxylic acids is 1. The van der Waals surface area contributed by atoms with E-state index in [9.17, 15) is 9.59 Å². The molecule has 0 heterocycles. The summed E-state index contributed by atoms with van der Waals surface area (Å²) in [4.78, 5) is 23.0. The number of aliphatic carboxylic acids is 1. The van der Waals surface area contributed by atoms with Gasteiger partial charge in [0.05, 0.1) is 0 Å². The van der Waals surface area contributed by atoms with E-state index in [-0.39, 0.29) is 0 Å². The van der Waals surface area contributed by atoms with Gasteiger partial charge < -0.3 is 16.2 Å². The lowest BCUT2D eigenvalue weighted by atomic mass is 10.1. The van der Waals surface area contributed by atoms with Crippen molar-refractivity contribution in [2.24, 2.45) is 0 Å². The van der Waals surface area contributed by atoms with Crippen LogP contribution in [-0.4, -0.2) is 35.0 Å². The maximum Gasteiger partial charge on any atom is 0.326 e. The summed E-state index contributed by atoms with van der Waals surface area (Å²) >= 11 is 4.77. The second kappa shape index (κ2) is 7.40. The third-order valence-electron chi connectivity index (χ3n) is 2.47. The van der Waals surface area contributed by atoms with E-state index in [1.54, 1.807) is 12.1 Å². The summed E-state index contributed by atoms with van der Waals surface area (Å²) in [5.41, 5.74) is 6.46. The molecular weight excluding hydrogens is 332 g/mol.